The molecule has 0 radical (unpaired) electrons. The van der Waals surface area contributed by atoms with Crippen LogP contribution in [0.3, 0.4) is 0 Å². The van der Waals surface area contributed by atoms with Crippen molar-refractivity contribution >= 4 is 33.2 Å². The van der Waals surface area contributed by atoms with Crippen LogP contribution in [0.1, 0.15) is 132 Å². The largest absolute Gasteiger partial charge is 0.393 e. The van der Waals surface area contributed by atoms with Crippen LogP contribution in [0.4, 0.5) is 4.79 Å². The normalized spacial score (nSPS) is 31.4. The standard InChI is InChI=1S/C45H60N2O4S/c1-28(2)46-42(50)47(26-32-15-16-33-25-38(32)43(33,4)5)27-45(51)21-19-37-35-18-14-30(22-34(48)17-13-29(3)10-9-20-44(37,45)6)23-36(35)41(49)40-24-31-11-7-8-12-39(31)52-40/h7-8,10-12,14,18,23-24,28,32-34,37-38,48,51H,9,13,15-17,19-22,25-27H2,1-6H3,(H,46,50)/t32-,33-,34-,37-,38-,44-,45+/m0/s1. The molecular formula is C45H60N2O4S. The lowest BCUT2D eigenvalue weighted by Gasteiger charge is -2.60. The minimum atomic E-state index is -1.15. The average Bonchev–Trinajstić information content (AvgIpc) is 3.64. The summed E-state index contributed by atoms with van der Waals surface area (Å²) >= 11 is 1.53. The van der Waals surface area contributed by atoms with Crippen molar-refractivity contribution < 1.29 is 19.8 Å². The first-order valence-electron chi connectivity index (χ1n) is 20.0. The number of aliphatic hydroxyl groups is 2. The van der Waals surface area contributed by atoms with E-state index >= 15 is 0 Å². The van der Waals surface area contributed by atoms with Gasteiger partial charge in [0.05, 0.1) is 23.1 Å². The monoisotopic (exact) mass is 724 g/mol. The Balaban J connectivity index is 1.28. The third-order valence-electron chi connectivity index (χ3n) is 14.2. The number of hydrogen-bond donors (Lipinski definition) is 3. The van der Waals surface area contributed by atoms with Crippen LogP contribution in [0, 0.1) is 28.6 Å². The van der Waals surface area contributed by atoms with Gasteiger partial charge in [-0.1, -0.05) is 62.8 Å². The number of aliphatic hydroxyl groups excluding tert-OH is 1. The quantitative estimate of drug-likeness (QED) is 0.167. The Morgan fingerprint density at radius 3 is 2.54 bits per heavy atom. The molecule has 7 atom stereocenters. The van der Waals surface area contributed by atoms with Crippen LogP contribution < -0.4 is 5.32 Å². The molecule has 2 amide bonds. The molecule has 4 bridgehead atoms. The summed E-state index contributed by atoms with van der Waals surface area (Å²) in [6, 6.07) is 16.3. The van der Waals surface area contributed by atoms with Gasteiger partial charge in [0, 0.05) is 28.3 Å². The van der Waals surface area contributed by atoms with Crippen molar-refractivity contribution in [3.63, 3.8) is 0 Å². The van der Waals surface area contributed by atoms with Gasteiger partial charge in [-0.05, 0) is 149 Å². The maximum absolute atomic E-state index is 14.6. The van der Waals surface area contributed by atoms with Crippen LogP contribution in [0.2, 0.25) is 0 Å². The number of nitrogens with zero attached hydrogens (tertiary/aromatic N) is 1. The second-order valence-corrected chi connectivity index (χ2v) is 19.2. The van der Waals surface area contributed by atoms with Crippen LogP contribution >= 0.6 is 11.3 Å². The van der Waals surface area contributed by atoms with Crippen LogP contribution in [0.15, 0.2) is 60.2 Å². The third kappa shape index (κ3) is 6.91. The lowest BCUT2D eigenvalue weighted by molar-refractivity contribution is -0.117. The number of nitrogens with one attached hydrogen (secondary N) is 1. The number of thiophene rings is 1. The molecule has 52 heavy (non-hydrogen) atoms. The number of urea groups is 1. The fraction of sp³-hybridized carbons (Fsp3) is 0.600. The molecule has 280 valence electrons. The first-order chi connectivity index (χ1) is 24.7. The zero-order chi connectivity index (χ0) is 37.0. The molecule has 4 fully saturated rings. The molecule has 9 rings (SSSR count). The van der Waals surface area contributed by atoms with Crippen molar-refractivity contribution in [2.75, 3.05) is 13.1 Å². The van der Waals surface area contributed by atoms with Crippen molar-refractivity contribution in [2.24, 2.45) is 28.6 Å². The first-order valence-corrected chi connectivity index (χ1v) is 20.8. The number of fused-ring (bicyclic) bond motifs is 11. The predicted molar refractivity (Wildman–Crippen MR) is 212 cm³/mol. The average molecular weight is 725 g/mol. The highest BCUT2D eigenvalue weighted by Gasteiger charge is 2.59. The van der Waals surface area contributed by atoms with Crippen molar-refractivity contribution in [1.82, 2.24) is 10.2 Å². The third-order valence-corrected chi connectivity index (χ3v) is 15.3. The second-order valence-electron chi connectivity index (χ2n) is 18.1. The Morgan fingerprint density at radius 2 is 1.81 bits per heavy atom. The Bertz CT molecular complexity index is 1810. The summed E-state index contributed by atoms with van der Waals surface area (Å²) < 4.78 is 1.09. The van der Waals surface area contributed by atoms with Crippen LogP contribution in [-0.4, -0.2) is 57.8 Å². The van der Waals surface area contributed by atoms with Gasteiger partial charge in [-0.2, -0.15) is 0 Å². The molecule has 6 aliphatic rings. The summed E-state index contributed by atoms with van der Waals surface area (Å²) in [6.45, 7) is 14.1. The van der Waals surface area contributed by atoms with Gasteiger partial charge < -0.3 is 20.4 Å². The van der Waals surface area contributed by atoms with Gasteiger partial charge in [0.25, 0.3) is 0 Å². The highest BCUT2D eigenvalue weighted by atomic mass is 32.1. The summed E-state index contributed by atoms with van der Waals surface area (Å²) in [5, 5.41) is 28.4. The lowest BCUT2D eigenvalue weighted by Crippen LogP contribution is -2.59. The SMILES string of the molecule is CC1=CCC[C@@]2(C)[C@@H](CC[C@@]2(O)CN(C[C@@H]2CC[C@H]3C[C@@H]2C3(C)C)C(=O)NC(C)C)c2ccc(cc2C(=O)c2cc3ccccc3s2)C[C@@H](O)CC1. The topological polar surface area (TPSA) is 89.9 Å². The smallest absolute Gasteiger partial charge is 0.317 e. The van der Waals surface area contributed by atoms with Gasteiger partial charge in [-0.3, -0.25) is 4.79 Å². The first kappa shape index (κ1) is 37.3. The number of rotatable bonds is 7. The molecule has 1 heterocycles. The molecule has 0 unspecified atom stereocenters. The van der Waals surface area contributed by atoms with E-state index in [9.17, 15) is 19.8 Å². The zero-order valence-corrected chi connectivity index (χ0v) is 33.0. The van der Waals surface area contributed by atoms with E-state index in [0.29, 0.717) is 53.5 Å². The molecule has 4 saturated carbocycles. The van der Waals surface area contributed by atoms with Gasteiger partial charge in [0.15, 0.2) is 0 Å². The van der Waals surface area contributed by atoms with E-state index in [1.165, 1.54) is 29.8 Å². The molecule has 0 spiro atoms. The Hall–Kier alpha value is -3.00. The number of amides is 2. The van der Waals surface area contributed by atoms with E-state index in [4.69, 9.17) is 0 Å². The van der Waals surface area contributed by atoms with Crippen LogP contribution in [0.25, 0.3) is 10.1 Å². The van der Waals surface area contributed by atoms with E-state index in [1.54, 1.807) is 0 Å². The van der Waals surface area contributed by atoms with Crippen molar-refractivity contribution in [2.45, 2.75) is 129 Å². The predicted octanol–water partition coefficient (Wildman–Crippen LogP) is 9.66. The number of hydrogen-bond acceptors (Lipinski definition) is 5. The van der Waals surface area contributed by atoms with E-state index in [1.807, 2.05) is 43.0 Å². The van der Waals surface area contributed by atoms with Crippen molar-refractivity contribution in [3.8, 4) is 0 Å². The molecule has 2 aromatic carbocycles. The van der Waals surface area contributed by atoms with Crippen LogP contribution in [-0.2, 0) is 6.42 Å². The number of ketones is 1. The van der Waals surface area contributed by atoms with Gasteiger partial charge in [0.1, 0.15) is 0 Å². The maximum atomic E-state index is 14.6. The zero-order valence-electron chi connectivity index (χ0n) is 32.2. The fourth-order valence-corrected chi connectivity index (χ4v) is 11.8. The molecule has 7 heteroatoms. The molecule has 6 nitrogen and oxygen atoms in total. The van der Waals surface area contributed by atoms with E-state index in [0.717, 1.165) is 59.2 Å². The summed E-state index contributed by atoms with van der Waals surface area (Å²) in [4.78, 5) is 31.4. The summed E-state index contributed by atoms with van der Waals surface area (Å²) in [7, 11) is 0. The maximum Gasteiger partial charge on any atom is 0.317 e. The summed E-state index contributed by atoms with van der Waals surface area (Å²) in [6.07, 6.45) is 10.1. The second kappa shape index (κ2) is 14.3. The molecule has 0 saturated heterocycles. The molecule has 1 aromatic heterocycles. The van der Waals surface area contributed by atoms with Crippen molar-refractivity contribution in [3.05, 3.63) is 81.7 Å². The van der Waals surface area contributed by atoms with Gasteiger partial charge >= 0.3 is 6.03 Å². The highest BCUT2D eigenvalue weighted by Crippen LogP contribution is 2.62. The minimum absolute atomic E-state index is 0.00446. The Morgan fingerprint density at radius 1 is 1.02 bits per heavy atom. The molecular weight excluding hydrogens is 665 g/mol. The van der Waals surface area contributed by atoms with Gasteiger partial charge in [0.2, 0.25) is 5.78 Å². The van der Waals surface area contributed by atoms with Gasteiger partial charge in [-0.15, -0.1) is 11.3 Å². The van der Waals surface area contributed by atoms with E-state index in [-0.39, 0.29) is 30.3 Å². The van der Waals surface area contributed by atoms with Crippen molar-refractivity contribution in [1.29, 1.82) is 0 Å². The van der Waals surface area contributed by atoms with Crippen LogP contribution in [0.5, 0.6) is 0 Å². The summed E-state index contributed by atoms with van der Waals surface area (Å²) in [5.74, 6) is 1.73. The molecule has 6 aliphatic carbocycles. The number of carbonyl (C=O) groups excluding carboxylic acids is 2. The summed E-state index contributed by atoms with van der Waals surface area (Å²) in [5.41, 5.74) is 2.42. The molecule has 3 aromatic rings. The van der Waals surface area contributed by atoms with E-state index < -0.39 is 17.1 Å². The van der Waals surface area contributed by atoms with E-state index in [2.05, 4.69) is 63.4 Å². The number of carbonyl (C=O) groups is 2. The lowest BCUT2D eigenvalue weighted by atomic mass is 9.45. The molecule has 3 N–H and O–H groups in total. The Labute approximate surface area is 315 Å². The highest BCUT2D eigenvalue weighted by molar-refractivity contribution is 7.21. The number of allylic oxidation sites excluding steroid dienone is 2. The van der Waals surface area contributed by atoms with Gasteiger partial charge in [-0.25, -0.2) is 4.79 Å². The minimum Gasteiger partial charge on any atom is -0.393 e. The Kier molecular flexibility index (Phi) is 10.3. The molecule has 0 aliphatic heterocycles. The fourth-order valence-electron chi connectivity index (χ4n) is 10.8. The number of benzene rings is 2.